The van der Waals surface area contributed by atoms with E-state index in [1.54, 1.807) is 6.92 Å². The predicted octanol–water partition coefficient (Wildman–Crippen LogP) is 1.53. The summed E-state index contributed by atoms with van der Waals surface area (Å²) in [6.45, 7) is 7.67. The fourth-order valence-corrected chi connectivity index (χ4v) is 2.20. The monoisotopic (exact) mass is 240 g/mol. The molecule has 1 saturated heterocycles. The van der Waals surface area contributed by atoms with E-state index in [0.29, 0.717) is 12.3 Å². The minimum absolute atomic E-state index is 0.176. The van der Waals surface area contributed by atoms with Crippen molar-refractivity contribution in [1.82, 2.24) is 10.2 Å². The second-order valence-electron chi connectivity index (χ2n) is 4.94. The molecule has 0 bridgehead atoms. The van der Waals surface area contributed by atoms with E-state index in [9.17, 15) is 14.4 Å². The van der Waals surface area contributed by atoms with Crippen LogP contribution in [-0.2, 0) is 9.59 Å². The fraction of sp³-hybridized carbons (Fsp3) is 0.750. The van der Waals surface area contributed by atoms with Gasteiger partial charge in [-0.25, -0.2) is 4.79 Å². The second kappa shape index (κ2) is 5.29. The third kappa shape index (κ3) is 2.84. The zero-order valence-electron chi connectivity index (χ0n) is 10.8. The molecule has 0 aliphatic carbocycles. The summed E-state index contributed by atoms with van der Waals surface area (Å²) in [5, 5.41) is 2.24. The van der Waals surface area contributed by atoms with Crippen LogP contribution in [-0.4, -0.2) is 28.8 Å². The first-order valence-electron chi connectivity index (χ1n) is 6.06. The number of hydrogen-bond donors (Lipinski definition) is 1. The first-order chi connectivity index (χ1) is 7.88. The summed E-state index contributed by atoms with van der Waals surface area (Å²) >= 11 is 0. The number of urea groups is 1. The first-order valence-corrected chi connectivity index (χ1v) is 6.06. The van der Waals surface area contributed by atoms with E-state index in [2.05, 4.69) is 5.32 Å². The normalized spacial score (nSPS) is 23.0. The molecule has 1 rings (SSSR count). The molecule has 2 atom stereocenters. The lowest BCUT2D eigenvalue weighted by atomic mass is 9.98. The van der Waals surface area contributed by atoms with Crippen molar-refractivity contribution in [3.8, 4) is 0 Å². The average Bonchev–Trinajstić information content (AvgIpc) is 2.15. The lowest BCUT2D eigenvalue weighted by molar-refractivity contribution is -0.144. The summed E-state index contributed by atoms with van der Waals surface area (Å²) in [4.78, 5) is 36.4. The number of hydrogen-bond acceptors (Lipinski definition) is 3. The van der Waals surface area contributed by atoms with Crippen molar-refractivity contribution in [2.24, 2.45) is 11.8 Å². The van der Waals surface area contributed by atoms with Gasteiger partial charge in [-0.05, 0) is 25.7 Å². The highest BCUT2D eigenvalue weighted by atomic mass is 16.2. The third-order valence-corrected chi connectivity index (χ3v) is 2.96. The minimum atomic E-state index is -0.720. The van der Waals surface area contributed by atoms with Gasteiger partial charge in [0.2, 0.25) is 11.8 Å². The minimum Gasteiger partial charge on any atom is -0.277 e. The van der Waals surface area contributed by atoms with E-state index < -0.39 is 17.9 Å². The van der Waals surface area contributed by atoms with E-state index in [1.807, 2.05) is 20.8 Å². The molecular formula is C12H20N2O3. The Morgan fingerprint density at radius 3 is 2.29 bits per heavy atom. The van der Waals surface area contributed by atoms with Gasteiger partial charge in [-0.3, -0.25) is 19.8 Å². The first kappa shape index (κ1) is 13.7. The van der Waals surface area contributed by atoms with Gasteiger partial charge >= 0.3 is 6.03 Å². The average molecular weight is 240 g/mol. The van der Waals surface area contributed by atoms with Crippen LogP contribution in [0.15, 0.2) is 0 Å². The molecule has 1 N–H and O–H groups in total. The quantitative estimate of drug-likeness (QED) is 0.758. The summed E-state index contributed by atoms with van der Waals surface area (Å²) in [7, 11) is 0. The Morgan fingerprint density at radius 2 is 1.82 bits per heavy atom. The number of nitrogens with one attached hydrogen (secondary N) is 1. The maximum absolute atomic E-state index is 12.0. The Morgan fingerprint density at radius 1 is 1.24 bits per heavy atom. The van der Waals surface area contributed by atoms with Gasteiger partial charge in [0.05, 0.1) is 0 Å². The SMILES string of the molecule is CCC1C(=O)NC(=O)N(C(C)CC(C)C)C1=O. The van der Waals surface area contributed by atoms with Crippen molar-refractivity contribution >= 4 is 17.8 Å². The fourth-order valence-electron chi connectivity index (χ4n) is 2.20. The molecule has 1 aliphatic rings. The molecule has 0 aromatic carbocycles. The van der Waals surface area contributed by atoms with E-state index in [-0.39, 0.29) is 11.9 Å². The topological polar surface area (TPSA) is 66.5 Å². The maximum atomic E-state index is 12.0. The highest BCUT2D eigenvalue weighted by Crippen LogP contribution is 2.19. The summed E-state index contributed by atoms with van der Waals surface area (Å²) < 4.78 is 0. The largest absolute Gasteiger partial charge is 0.331 e. The molecule has 4 amide bonds. The lowest BCUT2D eigenvalue weighted by Gasteiger charge is -2.34. The zero-order valence-corrected chi connectivity index (χ0v) is 10.8. The molecular weight excluding hydrogens is 220 g/mol. The lowest BCUT2D eigenvalue weighted by Crippen LogP contribution is -2.60. The molecule has 5 nitrogen and oxygen atoms in total. The molecule has 0 saturated carbocycles. The van der Waals surface area contributed by atoms with Gasteiger partial charge in [0.25, 0.3) is 0 Å². The Kier molecular flexibility index (Phi) is 4.26. The van der Waals surface area contributed by atoms with Crippen molar-refractivity contribution in [3.63, 3.8) is 0 Å². The number of rotatable bonds is 4. The van der Waals surface area contributed by atoms with Gasteiger partial charge in [0.15, 0.2) is 0 Å². The molecule has 1 heterocycles. The predicted molar refractivity (Wildman–Crippen MR) is 63.1 cm³/mol. The molecule has 2 unspecified atom stereocenters. The number of imide groups is 2. The van der Waals surface area contributed by atoms with Gasteiger partial charge in [-0.15, -0.1) is 0 Å². The third-order valence-electron chi connectivity index (χ3n) is 2.96. The Balaban J connectivity index is 2.86. The zero-order chi connectivity index (χ0) is 13.2. The highest BCUT2D eigenvalue weighted by Gasteiger charge is 2.41. The van der Waals surface area contributed by atoms with Gasteiger partial charge in [0, 0.05) is 6.04 Å². The number of carbonyl (C=O) groups excluding carboxylic acids is 3. The standard InChI is InChI=1S/C12H20N2O3/c1-5-9-10(15)13-12(17)14(11(9)16)8(4)6-7(2)3/h7-9H,5-6H2,1-4H3,(H,13,15,17). The van der Waals surface area contributed by atoms with Gasteiger partial charge < -0.3 is 0 Å². The van der Waals surface area contributed by atoms with Gasteiger partial charge in [-0.1, -0.05) is 20.8 Å². The van der Waals surface area contributed by atoms with Gasteiger partial charge in [0.1, 0.15) is 5.92 Å². The van der Waals surface area contributed by atoms with Crippen LogP contribution in [0.5, 0.6) is 0 Å². The summed E-state index contributed by atoms with van der Waals surface area (Å²) in [6.07, 6.45) is 1.16. The molecule has 0 aromatic rings. The van der Waals surface area contributed by atoms with Gasteiger partial charge in [-0.2, -0.15) is 0 Å². The van der Waals surface area contributed by atoms with Crippen LogP contribution in [0.3, 0.4) is 0 Å². The van der Waals surface area contributed by atoms with Crippen LogP contribution in [0.25, 0.3) is 0 Å². The molecule has 5 heteroatoms. The van der Waals surface area contributed by atoms with Crippen LogP contribution in [0.2, 0.25) is 0 Å². The van der Waals surface area contributed by atoms with E-state index in [4.69, 9.17) is 0 Å². The smallest absolute Gasteiger partial charge is 0.277 e. The number of barbiturate groups is 1. The summed E-state index contributed by atoms with van der Waals surface area (Å²) in [5.74, 6) is -1.17. The van der Waals surface area contributed by atoms with Crippen LogP contribution in [0.1, 0.15) is 40.5 Å². The Bertz CT molecular complexity index is 339. The highest BCUT2D eigenvalue weighted by molar-refractivity contribution is 6.16. The molecule has 17 heavy (non-hydrogen) atoms. The van der Waals surface area contributed by atoms with Crippen molar-refractivity contribution in [2.75, 3.05) is 0 Å². The molecule has 1 aliphatic heterocycles. The van der Waals surface area contributed by atoms with Crippen LogP contribution < -0.4 is 5.32 Å². The summed E-state index contributed by atoms with van der Waals surface area (Å²) in [5.41, 5.74) is 0. The van der Waals surface area contributed by atoms with Crippen LogP contribution in [0, 0.1) is 11.8 Å². The van der Waals surface area contributed by atoms with E-state index in [1.165, 1.54) is 4.90 Å². The summed E-state index contributed by atoms with van der Waals surface area (Å²) in [6, 6.07) is -0.762. The Labute approximate surface area is 102 Å². The van der Waals surface area contributed by atoms with Crippen LogP contribution in [0.4, 0.5) is 4.79 Å². The number of nitrogens with zero attached hydrogens (tertiary/aromatic N) is 1. The second-order valence-corrected chi connectivity index (χ2v) is 4.94. The number of amides is 4. The van der Waals surface area contributed by atoms with Crippen molar-refractivity contribution in [2.45, 2.75) is 46.6 Å². The van der Waals surface area contributed by atoms with E-state index >= 15 is 0 Å². The number of carbonyl (C=O) groups is 3. The molecule has 96 valence electrons. The molecule has 1 fully saturated rings. The van der Waals surface area contributed by atoms with Crippen molar-refractivity contribution in [1.29, 1.82) is 0 Å². The van der Waals surface area contributed by atoms with Crippen molar-refractivity contribution in [3.05, 3.63) is 0 Å². The molecule has 0 aromatic heterocycles. The van der Waals surface area contributed by atoms with E-state index in [0.717, 1.165) is 6.42 Å². The van der Waals surface area contributed by atoms with Crippen LogP contribution >= 0.6 is 0 Å². The molecule has 0 spiro atoms. The maximum Gasteiger partial charge on any atom is 0.331 e. The molecule has 0 radical (unpaired) electrons. The Hall–Kier alpha value is -1.39. The van der Waals surface area contributed by atoms with Crippen molar-refractivity contribution < 1.29 is 14.4 Å².